The molecular formula is C26H36N8. The quantitative estimate of drug-likeness (QED) is 0.546. The van der Waals surface area contributed by atoms with Crippen LogP contribution in [0.25, 0.3) is 0 Å². The van der Waals surface area contributed by atoms with E-state index in [1.807, 2.05) is 13.1 Å². The number of aromatic nitrogens is 2. The van der Waals surface area contributed by atoms with Crippen LogP contribution in [-0.4, -0.2) is 52.2 Å². The van der Waals surface area contributed by atoms with E-state index in [0.717, 1.165) is 40.2 Å². The fraction of sp³-hybridized carbons (Fsp3) is 0.462. The molecule has 2 atom stereocenters. The second-order valence-electron chi connectivity index (χ2n) is 9.32. The summed E-state index contributed by atoms with van der Waals surface area (Å²) in [6.07, 6.45) is 5.48. The Bertz CT molecular complexity index is 1140. The Labute approximate surface area is 203 Å². The van der Waals surface area contributed by atoms with Gasteiger partial charge in [-0.3, -0.25) is 0 Å². The number of fused-ring (bicyclic) bond motifs is 1. The monoisotopic (exact) mass is 460 g/mol. The van der Waals surface area contributed by atoms with Crippen molar-refractivity contribution in [3.63, 3.8) is 0 Å². The van der Waals surface area contributed by atoms with E-state index < -0.39 is 0 Å². The standard InChI is InChI=1S/C26H36N8/c1-10-28-24-23(27-9)33(19(7)31(24)16(2)3)21-12-11-13-22(18(21)6)34-20(8)32(17(4)5)25-26(34)30-15-14-29-25/h10-17,19-20H,9H2,1-8H3/t19-,20+/m1/s1. The molecule has 4 rings (SSSR count). The predicted molar refractivity (Wildman–Crippen MR) is 142 cm³/mol. The van der Waals surface area contributed by atoms with Crippen molar-refractivity contribution in [3.05, 3.63) is 47.8 Å². The number of aliphatic imine (C=N–C) groups is 2. The van der Waals surface area contributed by atoms with Gasteiger partial charge in [0.15, 0.2) is 23.3 Å². The lowest BCUT2D eigenvalue weighted by Gasteiger charge is -2.36. The van der Waals surface area contributed by atoms with Gasteiger partial charge in [0.05, 0.1) is 0 Å². The van der Waals surface area contributed by atoms with E-state index in [-0.39, 0.29) is 18.4 Å². The highest BCUT2D eigenvalue weighted by Crippen LogP contribution is 2.46. The molecule has 0 bridgehead atoms. The molecule has 0 saturated carbocycles. The van der Waals surface area contributed by atoms with Gasteiger partial charge in [0.2, 0.25) is 0 Å². The minimum Gasteiger partial charge on any atom is -0.330 e. The van der Waals surface area contributed by atoms with Crippen molar-refractivity contribution in [1.29, 1.82) is 0 Å². The summed E-state index contributed by atoms with van der Waals surface area (Å²) >= 11 is 0. The van der Waals surface area contributed by atoms with Gasteiger partial charge in [-0.25, -0.2) is 20.0 Å². The zero-order valence-electron chi connectivity index (χ0n) is 21.6. The highest BCUT2D eigenvalue weighted by atomic mass is 15.5. The van der Waals surface area contributed by atoms with Crippen molar-refractivity contribution in [2.75, 3.05) is 14.7 Å². The van der Waals surface area contributed by atoms with Gasteiger partial charge in [0, 0.05) is 42.1 Å². The van der Waals surface area contributed by atoms with Crippen molar-refractivity contribution >= 4 is 35.9 Å². The Morgan fingerprint density at radius 2 is 1.44 bits per heavy atom. The molecule has 1 aromatic heterocycles. The summed E-state index contributed by atoms with van der Waals surface area (Å²) in [5, 5.41) is 0. The lowest BCUT2D eigenvalue weighted by atomic mass is 10.1. The fourth-order valence-electron chi connectivity index (χ4n) is 5.37. The van der Waals surface area contributed by atoms with Crippen LogP contribution in [0, 0.1) is 6.92 Å². The molecule has 0 radical (unpaired) electrons. The van der Waals surface area contributed by atoms with Crippen LogP contribution in [0.5, 0.6) is 0 Å². The van der Waals surface area contributed by atoms with Crippen molar-refractivity contribution in [2.45, 2.75) is 79.8 Å². The van der Waals surface area contributed by atoms with Gasteiger partial charge in [-0.2, -0.15) is 0 Å². The maximum atomic E-state index is 4.73. The molecule has 0 aliphatic carbocycles. The van der Waals surface area contributed by atoms with E-state index in [0.29, 0.717) is 6.04 Å². The van der Waals surface area contributed by atoms with Crippen LogP contribution in [-0.2, 0) is 0 Å². The Morgan fingerprint density at radius 1 is 0.882 bits per heavy atom. The summed E-state index contributed by atoms with van der Waals surface area (Å²) in [7, 11) is 0. The maximum absolute atomic E-state index is 4.73. The molecule has 2 aromatic rings. The molecule has 1 aromatic carbocycles. The summed E-state index contributed by atoms with van der Waals surface area (Å²) in [6.45, 7) is 21.1. The van der Waals surface area contributed by atoms with Crippen LogP contribution in [0.2, 0.25) is 0 Å². The second-order valence-corrected chi connectivity index (χ2v) is 9.32. The van der Waals surface area contributed by atoms with Crippen LogP contribution >= 0.6 is 0 Å². The Kier molecular flexibility index (Phi) is 6.34. The molecular weight excluding hydrogens is 424 g/mol. The van der Waals surface area contributed by atoms with E-state index in [9.17, 15) is 0 Å². The third kappa shape index (κ3) is 3.52. The molecule has 8 heteroatoms. The molecule has 0 unspecified atom stereocenters. The number of hydrogen-bond donors (Lipinski definition) is 0. The summed E-state index contributed by atoms with van der Waals surface area (Å²) < 4.78 is 0. The van der Waals surface area contributed by atoms with E-state index in [1.54, 1.807) is 12.4 Å². The van der Waals surface area contributed by atoms with Crippen LogP contribution in [0.1, 0.15) is 54.0 Å². The second kappa shape index (κ2) is 9.08. The van der Waals surface area contributed by atoms with Gasteiger partial charge in [-0.15, -0.1) is 0 Å². The normalized spacial score (nSPS) is 20.5. The van der Waals surface area contributed by atoms with Crippen LogP contribution in [0.3, 0.4) is 0 Å². The van der Waals surface area contributed by atoms with Crippen LogP contribution < -0.4 is 14.7 Å². The topological polar surface area (TPSA) is 63.5 Å². The molecule has 34 heavy (non-hydrogen) atoms. The first-order valence-electron chi connectivity index (χ1n) is 12.0. The van der Waals surface area contributed by atoms with Crippen molar-refractivity contribution in [2.24, 2.45) is 9.98 Å². The zero-order chi connectivity index (χ0) is 24.7. The van der Waals surface area contributed by atoms with Gasteiger partial charge < -0.3 is 19.6 Å². The van der Waals surface area contributed by atoms with Gasteiger partial charge in [-0.1, -0.05) is 6.07 Å². The first-order valence-corrected chi connectivity index (χ1v) is 12.0. The van der Waals surface area contributed by atoms with E-state index in [1.165, 1.54) is 0 Å². The van der Waals surface area contributed by atoms with Crippen molar-refractivity contribution in [1.82, 2.24) is 14.9 Å². The molecule has 2 aliphatic rings. The Balaban J connectivity index is 1.86. The van der Waals surface area contributed by atoms with Crippen LogP contribution in [0.4, 0.5) is 23.0 Å². The van der Waals surface area contributed by atoms with Crippen LogP contribution in [0.15, 0.2) is 52.2 Å². The van der Waals surface area contributed by atoms with Gasteiger partial charge >= 0.3 is 0 Å². The smallest absolute Gasteiger partial charge is 0.178 e. The first kappa shape index (κ1) is 23.7. The molecule has 3 heterocycles. The zero-order valence-corrected chi connectivity index (χ0v) is 21.6. The average Bonchev–Trinajstić information content (AvgIpc) is 3.24. The summed E-state index contributed by atoms with van der Waals surface area (Å²) in [4.78, 5) is 27.7. The lowest BCUT2D eigenvalue weighted by Crippen LogP contribution is -2.43. The first-order chi connectivity index (χ1) is 16.2. The molecule has 2 aliphatic heterocycles. The molecule has 8 nitrogen and oxygen atoms in total. The van der Waals surface area contributed by atoms with Gasteiger partial charge in [0.1, 0.15) is 12.3 Å². The number of benzene rings is 1. The Hall–Kier alpha value is -3.42. The Morgan fingerprint density at radius 3 is 2.00 bits per heavy atom. The molecule has 0 fully saturated rings. The molecule has 0 spiro atoms. The SMILES string of the molecule is C=NC1=C(N=CC)N(C(C)C)[C@@H](C)N1c1cccc(N2c3nccnc3N(C(C)C)[C@@H]2C)c1C. The number of rotatable bonds is 6. The minimum absolute atomic E-state index is 0.0448. The largest absolute Gasteiger partial charge is 0.330 e. The molecule has 180 valence electrons. The van der Waals surface area contributed by atoms with E-state index >= 15 is 0 Å². The third-order valence-electron chi connectivity index (χ3n) is 6.67. The summed E-state index contributed by atoms with van der Waals surface area (Å²) in [6, 6.07) is 6.97. The minimum atomic E-state index is 0.0448. The summed E-state index contributed by atoms with van der Waals surface area (Å²) in [5.74, 6) is 3.43. The molecule has 0 N–H and O–H groups in total. The number of hydrogen-bond acceptors (Lipinski definition) is 8. The van der Waals surface area contributed by atoms with Gasteiger partial charge in [-0.05, 0) is 79.8 Å². The third-order valence-corrected chi connectivity index (χ3v) is 6.67. The average molecular weight is 461 g/mol. The highest BCUT2D eigenvalue weighted by molar-refractivity contribution is 5.82. The fourth-order valence-corrected chi connectivity index (χ4v) is 5.37. The lowest BCUT2D eigenvalue weighted by molar-refractivity contribution is 0.240. The number of nitrogens with zero attached hydrogens (tertiary/aromatic N) is 8. The van der Waals surface area contributed by atoms with Crippen molar-refractivity contribution < 1.29 is 0 Å². The highest BCUT2D eigenvalue weighted by Gasteiger charge is 2.41. The predicted octanol–water partition coefficient (Wildman–Crippen LogP) is 5.29. The molecule has 0 amide bonds. The number of anilines is 4. The van der Waals surface area contributed by atoms with Gasteiger partial charge in [0.25, 0.3) is 0 Å². The summed E-state index contributed by atoms with van der Waals surface area (Å²) in [5.41, 5.74) is 3.34. The van der Waals surface area contributed by atoms with E-state index in [4.69, 9.17) is 4.98 Å². The van der Waals surface area contributed by atoms with Crippen molar-refractivity contribution in [3.8, 4) is 0 Å². The molecule has 0 saturated heterocycles. The maximum Gasteiger partial charge on any atom is 0.178 e. The van der Waals surface area contributed by atoms with E-state index in [2.05, 4.69) is 108 Å².